The van der Waals surface area contributed by atoms with Gasteiger partial charge in [0.15, 0.2) is 0 Å². The van der Waals surface area contributed by atoms with Crippen molar-refractivity contribution in [2.45, 2.75) is 32.7 Å². The average molecular weight is 261 g/mol. The lowest BCUT2D eigenvalue weighted by Crippen LogP contribution is -2.57. The molecule has 1 heterocycles. The molecule has 0 spiro atoms. The first-order valence-corrected chi connectivity index (χ1v) is 7.04. The number of aryl methyl sites for hydroxylation is 2. The topological polar surface area (TPSA) is 58.4 Å². The Hall–Kier alpha value is -1.55. The number of para-hydroxylation sites is 1. The minimum absolute atomic E-state index is 0.0517. The lowest BCUT2D eigenvalue weighted by Gasteiger charge is -2.36. The van der Waals surface area contributed by atoms with Crippen molar-refractivity contribution in [2.24, 2.45) is 5.73 Å². The summed E-state index contributed by atoms with van der Waals surface area (Å²) in [5.74, 6) is 0.0645. The zero-order valence-electron chi connectivity index (χ0n) is 11.8. The smallest absolute Gasteiger partial charge is 0.239 e. The van der Waals surface area contributed by atoms with E-state index in [2.05, 4.69) is 42.3 Å². The quantitative estimate of drug-likeness (QED) is 0.852. The van der Waals surface area contributed by atoms with Crippen molar-refractivity contribution in [1.82, 2.24) is 5.32 Å². The van der Waals surface area contributed by atoms with Crippen LogP contribution in [0.3, 0.4) is 0 Å². The van der Waals surface area contributed by atoms with Crippen LogP contribution in [-0.2, 0) is 17.6 Å². The fourth-order valence-electron chi connectivity index (χ4n) is 2.75. The molecule has 2 rings (SSSR count). The predicted molar refractivity (Wildman–Crippen MR) is 78.4 cm³/mol. The van der Waals surface area contributed by atoms with Crippen molar-refractivity contribution in [3.8, 4) is 0 Å². The van der Waals surface area contributed by atoms with Crippen LogP contribution in [0.1, 0.15) is 25.0 Å². The highest BCUT2D eigenvalue weighted by Crippen LogP contribution is 2.27. The van der Waals surface area contributed by atoms with Gasteiger partial charge in [0, 0.05) is 18.8 Å². The third kappa shape index (κ3) is 2.89. The number of hydrogen-bond donors (Lipinski definition) is 2. The van der Waals surface area contributed by atoms with Gasteiger partial charge in [-0.25, -0.2) is 0 Å². The van der Waals surface area contributed by atoms with E-state index in [1.54, 1.807) is 0 Å². The molecule has 1 aliphatic heterocycles. The van der Waals surface area contributed by atoms with Crippen LogP contribution in [0.25, 0.3) is 0 Å². The maximum atomic E-state index is 11.8. The van der Waals surface area contributed by atoms with Crippen molar-refractivity contribution in [3.05, 3.63) is 29.3 Å². The number of amides is 1. The summed E-state index contributed by atoms with van der Waals surface area (Å²) >= 11 is 0. The van der Waals surface area contributed by atoms with Crippen LogP contribution in [0, 0.1) is 0 Å². The summed E-state index contributed by atoms with van der Waals surface area (Å²) < 4.78 is 0. The SMILES string of the molecule is CCc1cccc(CC)c1N1CC(=O)NC(CN)C1. The number of nitrogens with zero attached hydrogens (tertiary/aromatic N) is 1. The lowest BCUT2D eigenvalue weighted by atomic mass is 10.0. The molecule has 104 valence electrons. The van der Waals surface area contributed by atoms with Crippen LogP contribution in [-0.4, -0.2) is 31.6 Å². The maximum absolute atomic E-state index is 11.8. The van der Waals surface area contributed by atoms with Crippen LogP contribution in [0.5, 0.6) is 0 Å². The van der Waals surface area contributed by atoms with Gasteiger partial charge >= 0.3 is 0 Å². The summed E-state index contributed by atoms with van der Waals surface area (Å²) in [5, 5.41) is 2.94. The van der Waals surface area contributed by atoms with E-state index < -0.39 is 0 Å². The summed E-state index contributed by atoms with van der Waals surface area (Å²) in [6.07, 6.45) is 1.96. The standard InChI is InChI=1S/C15H23N3O/c1-3-11-6-5-7-12(4-2)15(11)18-9-13(8-16)17-14(19)10-18/h5-7,13H,3-4,8-10,16H2,1-2H3,(H,17,19). The Labute approximate surface area is 115 Å². The van der Waals surface area contributed by atoms with Gasteiger partial charge in [-0.05, 0) is 24.0 Å². The molecule has 1 amide bonds. The summed E-state index contributed by atoms with van der Waals surface area (Å²) in [6.45, 7) is 6.02. The number of anilines is 1. The van der Waals surface area contributed by atoms with Gasteiger partial charge in [-0.3, -0.25) is 4.79 Å². The van der Waals surface area contributed by atoms with Gasteiger partial charge in [-0.2, -0.15) is 0 Å². The highest BCUT2D eigenvalue weighted by molar-refractivity contribution is 5.84. The molecule has 0 saturated carbocycles. The summed E-state index contributed by atoms with van der Waals surface area (Å²) in [7, 11) is 0. The molecule has 1 saturated heterocycles. The third-order valence-electron chi connectivity index (χ3n) is 3.71. The lowest BCUT2D eigenvalue weighted by molar-refractivity contribution is -0.121. The number of nitrogens with two attached hydrogens (primary N) is 1. The molecule has 1 aromatic carbocycles. The van der Waals surface area contributed by atoms with Crippen molar-refractivity contribution in [3.63, 3.8) is 0 Å². The summed E-state index contributed by atoms with van der Waals surface area (Å²) in [6, 6.07) is 6.46. The molecule has 4 nitrogen and oxygen atoms in total. The van der Waals surface area contributed by atoms with Crippen LogP contribution in [0.2, 0.25) is 0 Å². The van der Waals surface area contributed by atoms with Gasteiger partial charge < -0.3 is 16.0 Å². The van der Waals surface area contributed by atoms with Crippen LogP contribution < -0.4 is 16.0 Å². The second-order valence-electron chi connectivity index (χ2n) is 5.01. The number of benzene rings is 1. The van der Waals surface area contributed by atoms with Crippen molar-refractivity contribution in [1.29, 1.82) is 0 Å². The molecule has 1 atom stereocenters. The predicted octanol–water partition coefficient (Wildman–Crippen LogP) is 1.07. The largest absolute Gasteiger partial charge is 0.360 e. The van der Waals surface area contributed by atoms with Gasteiger partial charge in [0.05, 0.1) is 12.6 Å². The molecule has 0 aliphatic carbocycles. The second kappa shape index (κ2) is 6.06. The molecule has 1 aromatic rings. The average Bonchev–Trinajstić information content (AvgIpc) is 2.45. The second-order valence-corrected chi connectivity index (χ2v) is 5.01. The molecular weight excluding hydrogens is 238 g/mol. The van der Waals surface area contributed by atoms with E-state index in [9.17, 15) is 4.79 Å². The molecule has 0 bridgehead atoms. The Morgan fingerprint density at radius 1 is 1.32 bits per heavy atom. The Morgan fingerprint density at radius 2 is 1.95 bits per heavy atom. The fraction of sp³-hybridized carbons (Fsp3) is 0.533. The van der Waals surface area contributed by atoms with E-state index >= 15 is 0 Å². The zero-order chi connectivity index (χ0) is 13.8. The van der Waals surface area contributed by atoms with Crippen LogP contribution >= 0.6 is 0 Å². The first kappa shape index (κ1) is 13.9. The number of hydrogen-bond acceptors (Lipinski definition) is 3. The number of rotatable bonds is 4. The number of carbonyl (C=O) groups excluding carboxylic acids is 1. The van der Waals surface area contributed by atoms with Crippen molar-refractivity contribution in [2.75, 3.05) is 24.5 Å². The third-order valence-corrected chi connectivity index (χ3v) is 3.71. The fourth-order valence-corrected chi connectivity index (χ4v) is 2.75. The number of piperazine rings is 1. The van der Waals surface area contributed by atoms with E-state index in [1.807, 2.05) is 0 Å². The molecule has 1 fully saturated rings. The minimum atomic E-state index is 0.0517. The Kier molecular flexibility index (Phi) is 4.43. The molecule has 19 heavy (non-hydrogen) atoms. The van der Waals surface area contributed by atoms with Crippen LogP contribution in [0.15, 0.2) is 18.2 Å². The van der Waals surface area contributed by atoms with Gasteiger partial charge in [-0.15, -0.1) is 0 Å². The molecule has 0 radical (unpaired) electrons. The number of nitrogens with one attached hydrogen (secondary N) is 1. The summed E-state index contributed by atoms with van der Waals surface area (Å²) in [5.41, 5.74) is 9.56. The van der Waals surface area contributed by atoms with Crippen molar-refractivity contribution < 1.29 is 4.79 Å². The zero-order valence-corrected chi connectivity index (χ0v) is 11.8. The Bertz CT molecular complexity index is 436. The monoisotopic (exact) mass is 261 g/mol. The normalized spacial score (nSPS) is 19.4. The van der Waals surface area contributed by atoms with E-state index in [-0.39, 0.29) is 11.9 Å². The number of carbonyl (C=O) groups is 1. The Balaban J connectivity index is 2.36. The Morgan fingerprint density at radius 3 is 2.47 bits per heavy atom. The minimum Gasteiger partial charge on any atom is -0.360 e. The molecule has 4 heteroatoms. The van der Waals surface area contributed by atoms with E-state index in [0.717, 1.165) is 19.4 Å². The first-order chi connectivity index (χ1) is 9.19. The van der Waals surface area contributed by atoms with Gasteiger partial charge in [0.2, 0.25) is 5.91 Å². The molecule has 1 unspecified atom stereocenters. The molecule has 1 aliphatic rings. The highest BCUT2D eigenvalue weighted by atomic mass is 16.2. The van der Waals surface area contributed by atoms with Gasteiger partial charge in [-0.1, -0.05) is 32.0 Å². The van der Waals surface area contributed by atoms with E-state index in [0.29, 0.717) is 13.1 Å². The van der Waals surface area contributed by atoms with E-state index in [1.165, 1.54) is 16.8 Å². The maximum Gasteiger partial charge on any atom is 0.239 e. The first-order valence-electron chi connectivity index (χ1n) is 7.04. The van der Waals surface area contributed by atoms with E-state index in [4.69, 9.17) is 5.73 Å². The van der Waals surface area contributed by atoms with Crippen molar-refractivity contribution >= 4 is 11.6 Å². The molecule has 3 N–H and O–H groups in total. The van der Waals surface area contributed by atoms with Gasteiger partial charge in [0.1, 0.15) is 0 Å². The summed E-state index contributed by atoms with van der Waals surface area (Å²) in [4.78, 5) is 14.0. The van der Waals surface area contributed by atoms with Gasteiger partial charge in [0.25, 0.3) is 0 Å². The van der Waals surface area contributed by atoms with Crippen LogP contribution in [0.4, 0.5) is 5.69 Å². The highest BCUT2D eigenvalue weighted by Gasteiger charge is 2.26. The molecular formula is C15H23N3O. The molecule has 0 aromatic heterocycles.